The van der Waals surface area contributed by atoms with Gasteiger partial charge in [-0.1, -0.05) is 18.2 Å². The highest BCUT2D eigenvalue weighted by molar-refractivity contribution is 6.00. The summed E-state index contributed by atoms with van der Waals surface area (Å²) in [5, 5.41) is 0. The van der Waals surface area contributed by atoms with Crippen LogP contribution in [0.1, 0.15) is 37.8 Å². The minimum Gasteiger partial charge on any atom is -0.494 e. The molecular formula is C27H26FN3O5. The van der Waals surface area contributed by atoms with Crippen molar-refractivity contribution in [2.24, 2.45) is 7.05 Å². The minimum atomic E-state index is -0.830. The van der Waals surface area contributed by atoms with Gasteiger partial charge in [0, 0.05) is 24.0 Å². The summed E-state index contributed by atoms with van der Waals surface area (Å²) in [6.45, 7) is 4.85. The molecule has 9 heteroatoms. The molecule has 8 nitrogen and oxygen atoms in total. The molecule has 36 heavy (non-hydrogen) atoms. The standard InChI is InChI=1S/C27H26FN3O5/c1-16-13-21(23(32)15-36-27(34)19-11-12-24(35-5)22(28)14-19)17(2)30(16)25-18(3)29(4)31(26(25)33)20-9-7-6-8-10-20/h6-14H,15H2,1-5H3. The Hall–Kier alpha value is -4.40. The third-order valence-electron chi connectivity index (χ3n) is 6.20. The number of rotatable bonds is 7. The molecule has 2 aromatic heterocycles. The third kappa shape index (κ3) is 4.24. The summed E-state index contributed by atoms with van der Waals surface area (Å²) in [6, 6.07) is 14.6. The third-order valence-corrected chi connectivity index (χ3v) is 6.20. The second-order valence-corrected chi connectivity index (χ2v) is 8.38. The van der Waals surface area contributed by atoms with Crippen molar-refractivity contribution in [2.75, 3.05) is 13.7 Å². The lowest BCUT2D eigenvalue weighted by Gasteiger charge is -2.09. The number of carbonyl (C=O) groups is 2. The van der Waals surface area contributed by atoms with E-state index in [-0.39, 0.29) is 16.9 Å². The maximum Gasteiger partial charge on any atom is 0.338 e. The Kier molecular flexibility index (Phi) is 6.65. The molecule has 2 aromatic carbocycles. The quantitative estimate of drug-likeness (QED) is 0.287. The predicted molar refractivity (Wildman–Crippen MR) is 132 cm³/mol. The van der Waals surface area contributed by atoms with Crippen LogP contribution >= 0.6 is 0 Å². The summed E-state index contributed by atoms with van der Waals surface area (Å²) < 4.78 is 29.0. The van der Waals surface area contributed by atoms with Crippen molar-refractivity contribution in [1.82, 2.24) is 13.9 Å². The zero-order valence-corrected chi connectivity index (χ0v) is 20.7. The largest absolute Gasteiger partial charge is 0.494 e. The number of hydrogen-bond donors (Lipinski definition) is 0. The molecule has 0 spiro atoms. The molecule has 0 saturated carbocycles. The maximum absolute atomic E-state index is 13.9. The Balaban J connectivity index is 1.62. The van der Waals surface area contributed by atoms with Gasteiger partial charge in [-0.15, -0.1) is 0 Å². The van der Waals surface area contributed by atoms with Crippen LogP contribution in [0, 0.1) is 26.6 Å². The van der Waals surface area contributed by atoms with E-state index < -0.39 is 24.2 Å². The molecule has 2 heterocycles. The predicted octanol–water partition coefficient (Wildman–Crippen LogP) is 4.08. The summed E-state index contributed by atoms with van der Waals surface area (Å²) in [5.41, 5.74) is 3.18. The van der Waals surface area contributed by atoms with Gasteiger partial charge in [0.05, 0.1) is 24.1 Å². The van der Waals surface area contributed by atoms with Crippen LogP contribution in [0.15, 0.2) is 59.4 Å². The average molecular weight is 492 g/mol. The molecule has 4 aromatic rings. The van der Waals surface area contributed by atoms with E-state index in [0.717, 1.165) is 17.4 Å². The van der Waals surface area contributed by atoms with E-state index in [4.69, 9.17) is 9.47 Å². The Morgan fingerprint density at radius 1 is 0.972 bits per heavy atom. The van der Waals surface area contributed by atoms with Crippen molar-refractivity contribution in [3.05, 3.63) is 99.0 Å². The van der Waals surface area contributed by atoms with Crippen LogP contribution in [0.2, 0.25) is 0 Å². The van der Waals surface area contributed by atoms with Gasteiger partial charge in [-0.25, -0.2) is 13.9 Å². The van der Waals surface area contributed by atoms with Gasteiger partial charge in [0.15, 0.2) is 18.2 Å². The number of aromatic nitrogens is 3. The first-order valence-electron chi connectivity index (χ1n) is 11.2. The van der Waals surface area contributed by atoms with Crippen molar-refractivity contribution in [3.63, 3.8) is 0 Å². The fraction of sp³-hybridized carbons (Fsp3) is 0.222. The Morgan fingerprint density at radius 3 is 2.31 bits per heavy atom. The number of Topliss-reactive ketones (excluding diaryl/α,β-unsaturated/α-hetero) is 1. The Labute approximate surface area is 207 Å². The minimum absolute atomic E-state index is 0.00222. The second-order valence-electron chi connectivity index (χ2n) is 8.38. The lowest BCUT2D eigenvalue weighted by atomic mass is 10.1. The SMILES string of the molecule is COc1ccc(C(=O)OCC(=O)c2cc(C)n(-c3c(C)n(C)n(-c4ccccc4)c3=O)c2C)cc1F. The lowest BCUT2D eigenvalue weighted by Crippen LogP contribution is -2.22. The van der Waals surface area contributed by atoms with Crippen LogP contribution < -0.4 is 10.3 Å². The Bertz CT molecular complexity index is 1530. The van der Waals surface area contributed by atoms with E-state index in [2.05, 4.69) is 0 Å². The van der Waals surface area contributed by atoms with E-state index >= 15 is 0 Å². The molecule has 0 N–H and O–H groups in total. The number of benzene rings is 2. The number of hydrogen-bond acceptors (Lipinski definition) is 5. The molecule has 0 atom stereocenters. The van der Waals surface area contributed by atoms with Gasteiger partial charge in [-0.05, 0) is 57.2 Å². The monoisotopic (exact) mass is 491 g/mol. The van der Waals surface area contributed by atoms with Crippen molar-refractivity contribution >= 4 is 11.8 Å². The fourth-order valence-corrected chi connectivity index (χ4v) is 4.29. The zero-order chi connectivity index (χ0) is 26.1. The number of para-hydroxylation sites is 1. The molecule has 0 radical (unpaired) electrons. The average Bonchev–Trinajstić information content (AvgIpc) is 3.28. The van der Waals surface area contributed by atoms with E-state index in [1.165, 1.54) is 19.2 Å². The van der Waals surface area contributed by atoms with Gasteiger partial charge in [0.2, 0.25) is 5.78 Å². The summed E-state index contributed by atoms with van der Waals surface area (Å²) in [7, 11) is 3.12. The lowest BCUT2D eigenvalue weighted by molar-refractivity contribution is 0.0474. The van der Waals surface area contributed by atoms with Gasteiger partial charge in [0.25, 0.3) is 5.56 Å². The molecule has 0 aliphatic heterocycles. The highest BCUT2D eigenvalue weighted by atomic mass is 19.1. The van der Waals surface area contributed by atoms with Gasteiger partial charge in [-0.3, -0.25) is 14.3 Å². The van der Waals surface area contributed by atoms with Gasteiger partial charge in [0.1, 0.15) is 5.69 Å². The number of ketones is 1. The number of methoxy groups -OCH3 is 1. The second kappa shape index (κ2) is 9.69. The molecule has 0 fully saturated rings. The van der Waals surface area contributed by atoms with Crippen LogP contribution in [0.5, 0.6) is 5.75 Å². The molecule has 0 bridgehead atoms. The first-order chi connectivity index (χ1) is 17.1. The van der Waals surface area contributed by atoms with E-state index in [9.17, 15) is 18.8 Å². The topological polar surface area (TPSA) is 84.5 Å². The molecule has 4 rings (SSSR count). The van der Waals surface area contributed by atoms with Gasteiger partial charge < -0.3 is 14.0 Å². The zero-order valence-electron chi connectivity index (χ0n) is 20.7. The normalized spacial score (nSPS) is 10.9. The number of carbonyl (C=O) groups excluding carboxylic acids is 2. The first-order valence-corrected chi connectivity index (χ1v) is 11.2. The van der Waals surface area contributed by atoms with Crippen LogP contribution in [0.3, 0.4) is 0 Å². The molecular weight excluding hydrogens is 465 g/mol. The van der Waals surface area contributed by atoms with Crippen LogP contribution in [0.4, 0.5) is 4.39 Å². The summed E-state index contributed by atoms with van der Waals surface area (Å²) in [6.07, 6.45) is 0. The molecule has 0 aliphatic rings. The van der Waals surface area contributed by atoms with Crippen molar-refractivity contribution < 1.29 is 23.5 Å². The van der Waals surface area contributed by atoms with Crippen molar-refractivity contribution in [1.29, 1.82) is 0 Å². The fourth-order valence-electron chi connectivity index (χ4n) is 4.29. The maximum atomic E-state index is 13.9. The number of esters is 1. The van der Waals surface area contributed by atoms with Crippen LogP contribution in [-0.4, -0.2) is 39.4 Å². The van der Waals surface area contributed by atoms with Gasteiger partial charge >= 0.3 is 5.97 Å². The summed E-state index contributed by atoms with van der Waals surface area (Å²) in [4.78, 5) is 38.8. The molecule has 0 saturated heterocycles. The van der Waals surface area contributed by atoms with E-state index in [1.807, 2.05) is 37.3 Å². The summed E-state index contributed by atoms with van der Waals surface area (Å²) in [5.74, 6) is -1.98. The molecule has 0 unspecified atom stereocenters. The van der Waals surface area contributed by atoms with Crippen LogP contribution in [0.25, 0.3) is 11.4 Å². The van der Waals surface area contributed by atoms with Gasteiger partial charge in [-0.2, -0.15) is 0 Å². The first kappa shape index (κ1) is 24.7. The summed E-state index contributed by atoms with van der Waals surface area (Å²) >= 11 is 0. The van der Waals surface area contributed by atoms with E-state index in [0.29, 0.717) is 22.6 Å². The number of aryl methyl sites for hydroxylation is 1. The highest BCUT2D eigenvalue weighted by Crippen LogP contribution is 2.23. The molecule has 0 aliphatic carbocycles. The number of halogens is 1. The van der Waals surface area contributed by atoms with Crippen LogP contribution in [-0.2, 0) is 11.8 Å². The smallest absolute Gasteiger partial charge is 0.338 e. The highest BCUT2D eigenvalue weighted by Gasteiger charge is 2.24. The van der Waals surface area contributed by atoms with Crippen molar-refractivity contribution in [2.45, 2.75) is 20.8 Å². The number of nitrogens with zero attached hydrogens (tertiary/aromatic N) is 3. The number of ether oxygens (including phenoxy) is 2. The van der Waals surface area contributed by atoms with Crippen molar-refractivity contribution in [3.8, 4) is 17.1 Å². The van der Waals surface area contributed by atoms with E-state index in [1.54, 1.807) is 40.9 Å². The Morgan fingerprint density at radius 2 is 1.67 bits per heavy atom. The molecule has 0 amide bonds. The molecule has 186 valence electrons.